The molecule has 0 saturated heterocycles. The second kappa shape index (κ2) is 8.75. The van der Waals surface area contributed by atoms with Crippen LogP contribution in [0.3, 0.4) is 0 Å². The van der Waals surface area contributed by atoms with Crippen LogP contribution in [0.1, 0.15) is 43.7 Å². The molecule has 0 aliphatic heterocycles. The summed E-state index contributed by atoms with van der Waals surface area (Å²) in [5.74, 6) is 0.699. The maximum absolute atomic E-state index is 3.41. The summed E-state index contributed by atoms with van der Waals surface area (Å²) in [7, 11) is 0. The first-order valence-electron chi connectivity index (χ1n) is 4.76. The minimum atomic E-state index is 0. The van der Waals surface area contributed by atoms with Crippen molar-refractivity contribution in [3.05, 3.63) is 35.4 Å². The van der Waals surface area contributed by atoms with E-state index in [2.05, 4.69) is 45.0 Å². The Bertz CT molecular complexity index is 244. The van der Waals surface area contributed by atoms with Crippen LogP contribution < -0.4 is 17.0 Å². The van der Waals surface area contributed by atoms with Gasteiger partial charge in [-0.25, -0.2) is 0 Å². The van der Waals surface area contributed by atoms with Crippen molar-refractivity contribution in [1.29, 1.82) is 0 Å². The van der Waals surface area contributed by atoms with E-state index in [0.29, 0.717) is 5.92 Å². The molecule has 1 aromatic rings. The standard InChI is InChI=1S/C12H17.BrH.Mg/c1-4-11(5-2)12-8-6-7-10(3)9-12;;/h6-8,11H,4-5H2,1-3H3;1H;/q-1;;+2/p-1. The second-order valence-corrected chi connectivity index (χ2v) is 3.30. The van der Waals surface area contributed by atoms with Gasteiger partial charge < -0.3 is 17.0 Å². The third-order valence-corrected chi connectivity index (χ3v) is 2.39. The molecule has 0 unspecified atom stereocenters. The van der Waals surface area contributed by atoms with Crippen LogP contribution in [0, 0.1) is 13.0 Å². The molecule has 0 amide bonds. The van der Waals surface area contributed by atoms with Gasteiger partial charge in [-0.1, -0.05) is 33.6 Å². The molecule has 0 spiro atoms. The predicted molar refractivity (Wildman–Crippen MR) is 59.1 cm³/mol. The number of hydrogen-bond donors (Lipinski definition) is 0. The molecule has 0 nitrogen and oxygen atoms in total. The van der Waals surface area contributed by atoms with Crippen LogP contribution >= 0.6 is 0 Å². The molecule has 0 aromatic heterocycles. The summed E-state index contributed by atoms with van der Waals surface area (Å²) in [6.45, 7) is 6.58. The van der Waals surface area contributed by atoms with Gasteiger partial charge in [0, 0.05) is 0 Å². The van der Waals surface area contributed by atoms with Crippen molar-refractivity contribution in [3.8, 4) is 0 Å². The normalized spacial score (nSPS) is 9.14. The van der Waals surface area contributed by atoms with Gasteiger partial charge >= 0.3 is 23.1 Å². The molecule has 0 N–H and O–H groups in total. The van der Waals surface area contributed by atoms with Crippen LogP contribution in [0.15, 0.2) is 18.2 Å². The monoisotopic (exact) mass is 264 g/mol. The molecule has 2 heteroatoms. The van der Waals surface area contributed by atoms with E-state index in [4.69, 9.17) is 0 Å². The van der Waals surface area contributed by atoms with Gasteiger partial charge in [0.1, 0.15) is 0 Å². The van der Waals surface area contributed by atoms with Gasteiger partial charge in [-0.05, 0) is 5.92 Å². The van der Waals surface area contributed by atoms with Gasteiger partial charge in [-0.15, -0.1) is 0 Å². The van der Waals surface area contributed by atoms with Crippen LogP contribution in [0.2, 0.25) is 0 Å². The minimum Gasteiger partial charge on any atom is -1.00 e. The van der Waals surface area contributed by atoms with Gasteiger partial charge in [-0.2, -0.15) is 35.4 Å². The first kappa shape index (κ1) is 16.9. The molecule has 74 valence electrons. The summed E-state index contributed by atoms with van der Waals surface area (Å²) >= 11 is 0. The maximum atomic E-state index is 3.41. The molecule has 0 atom stereocenters. The van der Waals surface area contributed by atoms with E-state index in [1.807, 2.05) is 0 Å². The van der Waals surface area contributed by atoms with Gasteiger partial charge in [-0.3, -0.25) is 0 Å². The molecule has 0 heterocycles. The summed E-state index contributed by atoms with van der Waals surface area (Å²) in [4.78, 5) is 0. The summed E-state index contributed by atoms with van der Waals surface area (Å²) in [6, 6.07) is 9.82. The van der Waals surface area contributed by atoms with Crippen molar-refractivity contribution < 1.29 is 17.0 Å². The molecule has 1 rings (SSSR count). The summed E-state index contributed by atoms with van der Waals surface area (Å²) in [5.41, 5.74) is 2.62. The van der Waals surface area contributed by atoms with Gasteiger partial charge in [0.05, 0.1) is 0 Å². The van der Waals surface area contributed by atoms with Crippen LogP contribution in [0.25, 0.3) is 0 Å². The quantitative estimate of drug-likeness (QED) is 0.545. The molecule has 0 bridgehead atoms. The topological polar surface area (TPSA) is 0 Å². The van der Waals surface area contributed by atoms with E-state index in [1.54, 1.807) is 0 Å². The number of aryl methyl sites for hydroxylation is 1. The maximum Gasteiger partial charge on any atom is 2.00 e. The number of benzene rings is 1. The van der Waals surface area contributed by atoms with Crippen molar-refractivity contribution in [2.75, 3.05) is 0 Å². The second-order valence-electron chi connectivity index (χ2n) is 3.30. The fourth-order valence-corrected chi connectivity index (χ4v) is 1.57. The van der Waals surface area contributed by atoms with E-state index in [0.717, 1.165) is 0 Å². The van der Waals surface area contributed by atoms with Crippen LogP contribution in [-0.2, 0) is 0 Å². The Labute approximate surface area is 114 Å². The third kappa shape index (κ3) is 4.81. The summed E-state index contributed by atoms with van der Waals surface area (Å²) in [5, 5.41) is 0. The van der Waals surface area contributed by atoms with Gasteiger partial charge in [0.15, 0.2) is 0 Å². The Kier molecular flexibility index (Phi) is 10.5. The zero-order chi connectivity index (χ0) is 8.97. The van der Waals surface area contributed by atoms with Gasteiger partial charge in [0.2, 0.25) is 0 Å². The van der Waals surface area contributed by atoms with E-state index in [9.17, 15) is 0 Å². The zero-order valence-electron chi connectivity index (χ0n) is 9.31. The minimum absolute atomic E-state index is 0. The third-order valence-electron chi connectivity index (χ3n) is 2.39. The molecule has 0 fully saturated rings. The average molecular weight is 265 g/mol. The van der Waals surface area contributed by atoms with Crippen molar-refractivity contribution in [2.24, 2.45) is 0 Å². The van der Waals surface area contributed by atoms with Crippen LogP contribution in [-0.4, -0.2) is 23.1 Å². The Morgan fingerprint density at radius 1 is 1.21 bits per heavy atom. The Hall–Kier alpha value is 0.466. The van der Waals surface area contributed by atoms with E-state index < -0.39 is 0 Å². The average Bonchev–Trinajstić information content (AvgIpc) is 2.07. The number of rotatable bonds is 3. The molecule has 0 aliphatic rings. The van der Waals surface area contributed by atoms with Crippen LogP contribution in [0.5, 0.6) is 0 Å². The van der Waals surface area contributed by atoms with E-state index in [-0.39, 0.29) is 40.0 Å². The molecule has 14 heavy (non-hydrogen) atoms. The SMILES string of the molecule is CCC(CC)c1[c-]c(C)ccc1.[Br-].[Mg+2]. The van der Waals surface area contributed by atoms with Crippen molar-refractivity contribution >= 4 is 23.1 Å². The van der Waals surface area contributed by atoms with Gasteiger partial charge in [0.25, 0.3) is 0 Å². The van der Waals surface area contributed by atoms with Crippen molar-refractivity contribution in [2.45, 2.75) is 39.5 Å². The van der Waals surface area contributed by atoms with Crippen molar-refractivity contribution in [3.63, 3.8) is 0 Å². The molecular weight excluding hydrogens is 248 g/mol. The number of hydrogen-bond acceptors (Lipinski definition) is 0. The summed E-state index contributed by atoms with van der Waals surface area (Å²) in [6.07, 6.45) is 2.44. The fraction of sp³-hybridized carbons (Fsp3) is 0.500. The first-order valence-corrected chi connectivity index (χ1v) is 4.76. The Morgan fingerprint density at radius 3 is 2.21 bits per heavy atom. The van der Waals surface area contributed by atoms with Crippen molar-refractivity contribution in [1.82, 2.24) is 0 Å². The number of halogens is 1. The zero-order valence-corrected chi connectivity index (χ0v) is 12.3. The Balaban J connectivity index is 0. The first-order chi connectivity index (χ1) is 5.77. The fourth-order valence-electron chi connectivity index (χ4n) is 1.57. The Morgan fingerprint density at radius 2 is 1.79 bits per heavy atom. The largest absolute Gasteiger partial charge is 2.00 e. The molecule has 0 aliphatic carbocycles. The summed E-state index contributed by atoms with van der Waals surface area (Å²) < 4.78 is 0. The predicted octanol–water partition coefficient (Wildman–Crippen LogP) is 0.322. The van der Waals surface area contributed by atoms with E-state index >= 15 is 0 Å². The molecule has 0 radical (unpaired) electrons. The van der Waals surface area contributed by atoms with E-state index in [1.165, 1.54) is 24.0 Å². The molecule has 0 saturated carbocycles. The molecular formula is C12H17BrMg. The van der Waals surface area contributed by atoms with Crippen LogP contribution in [0.4, 0.5) is 0 Å². The smallest absolute Gasteiger partial charge is 1.00 e. The molecule has 1 aromatic carbocycles.